The molecule has 1 N–H and O–H groups in total. The number of esters is 1. The summed E-state index contributed by atoms with van der Waals surface area (Å²) in [4.78, 5) is 22.6. The molecule has 0 bridgehead atoms. The number of hydrogen-bond acceptors (Lipinski definition) is 5. The summed E-state index contributed by atoms with van der Waals surface area (Å²) in [6.45, 7) is 2.57. The quantitative estimate of drug-likeness (QED) is 0.459. The summed E-state index contributed by atoms with van der Waals surface area (Å²) >= 11 is 3.65. The number of aliphatic carboxylic acids is 1. The standard InChI is InChI=1S/C13H12F2I2O5/c1-5(2)10(13(14,15)12(20)21)22-11(19)7-3-6(16)4-8(17)9(7)18/h3-5,10,18H,1-2H3,(H,20,21)/p-1. The van der Waals surface area contributed by atoms with E-state index in [1.54, 1.807) is 28.7 Å². The molecule has 0 aliphatic rings. The van der Waals surface area contributed by atoms with Crippen LogP contribution in [0.1, 0.15) is 24.2 Å². The van der Waals surface area contributed by atoms with Crippen LogP contribution in [0.5, 0.6) is 5.75 Å². The van der Waals surface area contributed by atoms with Gasteiger partial charge in [0.2, 0.25) is 0 Å². The molecular weight excluding hydrogens is 528 g/mol. The van der Waals surface area contributed by atoms with Crippen LogP contribution in [0, 0.1) is 13.1 Å². The number of carbonyl (C=O) groups is 2. The number of hydrogen-bond donors (Lipinski definition) is 1. The average molecular weight is 539 g/mol. The number of rotatable bonds is 5. The maximum atomic E-state index is 13.6. The maximum Gasteiger partial charge on any atom is 0.342 e. The molecule has 0 aliphatic carbocycles. The Bertz CT molecular complexity index is 604. The zero-order valence-electron chi connectivity index (χ0n) is 11.4. The predicted molar refractivity (Wildman–Crippen MR) is 87.5 cm³/mol. The van der Waals surface area contributed by atoms with Crippen molar-refractivity contribution < 1.29 is 33.3 Å². The summed E-state index contributed by atoms with van der Waals surface area (Å²) in [5, 5.41) is 20.4. The molecule has 0 heterocycles. The summed E-state index contributed by atoms with van der Waals surface area (Å²) in [5.74, 6) is -9.57. The molecule has 0 amide bonds. The third kappa shape index (κ3) is 4.18. The third-order valence-corrected chi connectivity index (χ3v) is 4.16. The zero-order chi connectivity index (χ0) is 17.2. The minimum Gasteiger partial charge on any atom is -0.544 e. The predicted octanol–water partition coefficient (Wildman–Crippen LogP) is 2.17. The Kier molecular flexibility index (Phi) is 6.36. The van der Waals surface area contributed by atoms with E-state index in [0.717, 1.165) is 0 Å². The van der Waals surface area contributed by atoms with Gasteiger partial charge in [-0.05, 0) is 63.2 Å². The van der Waals surface area contributed by atoms with Gasteiger partial charge in [-0.1, -0.05) is 13.8 Å². The van der Waals surface area contributed by atoms with Crippen molar-refractivity contribution in [3.8, 4) is 5.75 Å². The first-order valence-corrected chi connectivity index (χ1v) is 8.12. The van der Waals surface area contributed by atoms with E-state index < -0.39 is 35.6 Å². The highest BCUT2D eigenvalue weighted by atomic mass is 127. The number of carboxylic acid groups (broad SMARTS) is 1. The fourth-order valence-electron chi connectivity index (χ4n) is 1.65. The molecule has 5 nitrogen and oxygen atoms in total. The Morgan fingerprint density at radius 3 is 2.32 bits per heavy atom. The number of phenols is 1. The monoisotopic (exact) mass is 539 g/mol. The fourth-order valence-corrected chi connectivity index (χ4v) is 3.49. The fraction of sp³-hybridized carbons (Fsp3) is 0.385. The summed E-state index contributed by atoms with van der Waals surface area (Å²) in [5.41, 5.74) is -0.309. The molecule has 1 atom stereocenters. The summed E-state index contributed by atoms with van der Waals surface area (Å²) < 4.78 is 32.7. The van der Waals surface area contributed by atoms with E-state index >= 15 is 0 Å². The van der Waals surface area contributed by atoms with Crippen molar-refractivity contribution in [2.24, 2.45) is 5.92 Å². The van der Waals surface area contributed by atoms with Gasteiger partial charge >= 0.3 is 11.9 Å². The normalized spacial score (nSPS) is 13.0. The van der Waals surface area contributed by atoms with Crippen molar-refractivity contribution in [2.45, 2.75) is 25.9 Å². The Labute approximate surface area is 152 Å². The van der Waals surface area contributed by atoms with Crippen molar-refractivity contribution in [1.82, 2.24) is 0 Å². The van der Waals surface area contributed by atoms with E-state index in [1.807, 2.05) is 22.6 Å². The smallest absolute Gasteiger partial charge is 0.342 e. The molecule has 0 fully saturated rings. The van der Waals surface area contributed by atoms with Crippen molar-refractivity contribution in [1.29, 1.82) is 0 Å². The number of phenolic OH excluding ortho intramolecular Hbond substituents is 1. The summed E-state index contributed by atoms with van der Waals surface area (Å²) in [6.07, 6.45) is -2.21. The topological polar surface area (TPSA) is 86.7 Å². The highest BCUT2D eigenvalue weighted by molar-refractivity contribution is 14.1. The Morgan fingerprint density at radius 1 is 1.32 bits per heavy atom. The first-order chi connectivity index (χ1) is 9.98. The van der Waals surface area contributed by atoms with Gasteiger partial charge in [-0.2, -0.15) is 8.78 Å². The van der Waals surface area contributed by atoms with Gasteiger partial charge in [0.15, 0.2) is 6.10 Å². The lowest BCUT2D eigenvalue weighted by molar-refractivity contribution is -0.337. The van der Waals surface area contributed by atoms with Crippen LogP contribution in [-0.2, 0) is 9.53 Å². The Balaban J connectivity index is 3.16. The molecule has 0 saturated heterocycles. The molecule has 22 heavy (non-hydrogen) atoms. The molecule has 0 saturated carbocycles. The number of carboxylic acids is 1. The van der Waals surface area contributed by atoms with Gasteiger partial charge < -0.3 is 19.7 Å². The van der Waals surface area contributed by atoms with Crippen LogP contribution >= 0.6 is 45.2 Å². The van der Waals surface area contributed by atoms with Crippen molar-refractivity contribution in [3.05, 3.63) is 24.8 Å². The average Bonchev–Trinajstić information content (AvgIpc) is 2.38. The Hall–Kier alpha value is -0.720. The lowest BCUT2D eigenvalue weighted by Crippen LogP contribution is -2.53. The van der Waals surface area contributed by atoms with Crippen LogP contribution in [0.4, 0.5) is 8.78 Å². The molecule has 1 aromatic rings. The van der Waals surface area contributed by atoms with Gasteiger partial charge in [-0.25, -0.2) is 4.79 Å². The van der Waals surface area contributed by atoms with E-state index in [-0.39, 0.29) is 5.56 Å². The molecule has 1 rings (SSSR count). The number of ether oxygens (including phenoxy) is 1. The largest absolute Gasteiger partial charge is 0.544 e. The molecule has 0 aromatic heterocycles. The first kappa shape index (κ1) is 19.3. The summed E-state index contributed by atoms with van der Waals surface area (Å²) in [7, 11) is 0. The van der Waals surface area contributed by atoms with Gasteiger partial charge in [0.05, 0.1) is 3.57 Å². The maximum absolute atomic E-state index is 13.6. The number of aromatic hydroxyl groups is 1. The SMILES string of the molecule is CC(C)C(OC(=O)c1cc(I)cc(I)c1O)C(F)(F)C(=O)[O-]. The summed E-state index contributed by atoms with van der Waals surface area (Å²) in [6, 6.07) is 2.83. The van der Waals surface area contributed by atoms with Crippen molar-refractivity contribution in [2.75, 3.05) is 0 Å². The van der Waals surface area contributed by atoms with Crippen LogP contribution in [0.25, 0.3) is 0 Å². The van der Waals surface area contributed by atoms with Crippen LogP contribution in [0.2, 0.25) is 0 Å². The van der Waals surface area contributed by atoms with Crippen LogP contribution in [0.3, 0.4) is 0 Å². The molecule has 1 aromatic carbocycles. The highest BCUT2D eigenvalue weighted by Crippen LogP contribution is 2.31. The van der Waals surface area contributed by atoms with Crippen molar-refractivity contribution in [3.63, 3.8) is 0 Å². The zero-order valence-corrected chi connectivity index (χ0v) is 15.7. The number of alkyl halides is 2. The second kappa shape index (κ2) is 7.23. The van der Waals surface area contributed by atoms with Gasteiger partial charge in [0.1, 0.15) is 17.3 Å². The van der Waals surface area contributed by atoms with E-state index in [1.165, 1.54) is 19.9 Å². The lowest BCUT2D eigenvalue weighted by atomic mass is 10.0. The van der Waals surface area contributed by atoms with Gasteiger partial charge in [0.25, 0.3) is 0 Å². The van der Waals surface area contributed by atoms with E-state index in [2.05, 4.69) is 4.74 Å². The minimum atomic E-state index is -4.34. The van der Waals surface area contributed by atoms with Crippen LogP contribution in [0.15, 0.2) is 12.1 Å². The Morgan fingerprint density at radius 2 is 1.86 bits per heavy atom. The van der Waals surface area contributed by atoms with E-state index in [4.69, 9.17) is 0 Å². The van der Waals surface area contributed by atoms with Gasteiger partial charge in [0, 0.05) is 3.57 Å². The molecule has 0 radical (unpaired) electrons. The molecule has 9 heteroatoms. The second-order valence-electron chi connectivity index (χ2n) is 4.76. The van der Waals surface area contributed by atoms with E-state index in [9.17, 15) is 28.6 Å². The molecular formula is C13H11F2I2O5-. The van der Waals surface area contributed by atoms with Gasteiger partial charge in [-0.15, -0.1) is 0 Å². The van der Waals surface area contributed by atoms with E-state index in [0.29, 0.717) is 7.14 Å². The number of halogens is 4. The molecule has 122 valence electrons. The van der Waals surface area contributed by atoms with Gasteiger partial charge in [-0.3, -0.25) is 0 Å². The lowest BCUT2D eigenvalue weighted by Gasteiger charge is -2.30. The minimum absolute atomic E-state index is 0.309. The molecule has 1 unspecified atom stereocenters. The highest BCUT2D eigenvalue weighted by Gasteiger charge is 2.46. The van der Waals surface area contributed by atoms with Crippen LogP contribution in [-0.4, -0.2) is 29.1 Å². The molecule has 0 aliphatic heterocycles. The number of benzene rings is 1. The van der Waals surface area contributed by atoms with Crippen LogP contribution < -0.4 is 5.11 Å². The first-order valence-electron chi connectivity index (χ1n) is 5.96. The second-order valence-corrected chi connectivity index (χ2v) is 7.17. The number of carbonyl (C=O) groups excluding carboxylic acids is 2. The molecule has 0 spiro atoms. The van der Waals surface area contributed by atoms with Crippen molar-refractivity contribution >= 4 is 57.1 Å². The third-order valence-electron chi connectivity index (χ3n) is 2.72.